The largest absolute Gasteiger partial charge is 0.413 e. The number of rotatable bonds is 5. The molecule has 0 amide bonds. The zero-order valence-corrected chi connectivity index (χ0v) is 13.4. The van der Waals surface area contributed by atoms with Gasteiger partial charge in [-0.15, -0.1) is 0 Å². The Bertz CT molecular complexity index is 286. The predicted molar refractivity (Wildman–Crippen MR) is 79.6 cm³/mol. The molecule has 17 heavy (non-hydrogen) atoms. The van der Waals surface area contributed by atoms with Crippen molar-refractivity contribution in [2.75, 3.05) is 6.61 Å². The summed E-state index contributed by atoms with van der Waals surface area (Å²) in [6.45, 7) is 14.2. The van der Waals surface area contributed by atoms with Crippen molar-refractivity contribution in [1.82, 2.24) is 0 Å². The van der Waals surface area contributed by atoms with Gasteiger partial charge in [0.25, 0.3) is 0 Å². The zero-order chi connectivity index (χ0) is 13.4. The lowest BCUT2D eigenvalue weighted by atomic mass is 10.2. The molecule has 0 aromatic carbocycles. The van der Waals surface area contributed by atoms with Gasteiger partial charge in [-0.3, -0.25) is 0 Å². The molecular weight excluding hydrogens is 224 g/mol. The Hall–Kier alpha value is -0.523. The summed E-state index contributed by atoms with van der Waals surface area (Å²) in [6, 6.07) is 0. The molecule has 0 aromatic rings. The van der Waals surface area contributed by atoms with E-state index >= 15 is 0 Å². The van der Waals surface area contributed by atoms with Gasteiger partial charge in [0.1, 0.15) is 0 Å². The summed E-state index contributed by atoms with van der Waals surface area (Å²) in [4.78, 5) is 0. The Morgan fingerprint density at radius 3 is 2.41 bits per heavy atom. The van der Waals surface area contributed by atoms with Crippen LogP contribution < -0.4 is 0 Å². The van der Waals surface area contributed by atoms with Gasteiger partial charge < -0.3 is 4.43 Å². The fourth-order valence-corrected chi connectivity index (χ4v) is 1.92. The molecule has 98 valence electrons. The monoisotopic (exact) mass is 252 g/mol. The van der Waals surface area contributed by atoms with Crippen molar-refractivity contribution in [3.05, 3.63) is 12.2 Å². The Morgan fingerprint density at radius 2 is 1.88 bits per heavy atom. The third kappa shape index (κ3) is 7.41. The summed E-state index contributed by atoms with van der Waals surface area (Å²) in [5.74, 6) is 6.18. The fourth-order valence-electron chi connectivity index (χ4n) is 0.976. The molecule has 0 heterocycles. The van der Waals surface area contributed by atoms with Gasteiger partial charge in [0.15, 0.2) is 8.32 Å². The maximum Gasteiger partial charge on any atom is 0.192 e. The van der Waals surface area contributed by atoms with Crippen molar-refractivity contribution < 1.29 is 4.43 Å². The van der Waals surface area contributed by atoms with Gasteiger partial charge in [0, 0.05) is 6.42 Å². The van der Waals surface area contributed by atoms with Crippen LogP contribution in [-0.2, 0) is 4.43 Å². The number of allylic oxidation sites excluding steroid dienone is 1. The molecule has 0 atom stereocenters. The highest BCUT2D eigenvalue weighted by Gasteiger charge is 2.36. The molecule has 0 spiro atoms. The van der Waals surface area contributed by atoms with Gasteiger partial charge in [-0.1, -0.05) is 52.0 Å². The lowest BCUT2D eigenvalue weighted by molar-refractivity contribution is 0.328. The Kier molecular flexibility index (Phi) is 7.50. The van der Waals surface area contributed by atoms with E-state index in [1.165, 1.54) is 12.8 Å². The van der Waals surface area contributed by atoms with Crippen molar-refractivity contribution in [2.24, 2.45) is 0 Å². The normalized spacial score (nSPS) is 12.6. The molecule has 2 heteroatoms. The van der Waals surface area contributed by atoms with Crippen LogP contribution >= 0.6 is 0 Å². The quantitative estimate of drug-likeness (QED) is 0.389. The molecule has 0 bridgehead atoms. The standard InChI is InChI=1S/C15H28OSi/c1-7-8-9-10-11-12-13-14-16-17(5,6)15(2,3)4/h12-13H,7-9,14H2,1-6H3/b13-12-. The van der Waals surface area contributed by atoms with E-state index in [1.807, 2.05) is 12.2 Å². The summed E-state index contributed by atoms with van der Waals surface area (Å²) in [5, 5.41) is 0.285. The summed E-state index contributed by atoms with van der Waals surface area (Å²) in [7, 11) is -1.59. The molecule has 0 aliphatic rings. The van der Waals surface area contributed by atoms with Crippen LogP contribution in [0.5, 0.6) is 0 Å². The van der Waals surface area contributed by atoms with Crippen molar-refractivity contribution in [3.8, 4) is 11.8 Å². The SMILES string of the molecule is CCCCC#C/C=C\CO[Si](C)(C)C(C)(C)C. The van der Waals surface area contributed by atoms with E-state index in [-0.39, 0.29) is 5.04 Å². The van der Waals surface area contributed by atoms with Crippen LogP contribution in [0.2, 0.25) is 18.1 Å². The van der Waals surface area contributed by atoms with Crippen LogP contribution in [0.25, 0.3) is 0 Å². The van der Waals surface area contributed by atoms with Gasteiger partial charge in [0.05, 0.1) is 6.61 Å². The minimum Gasteiger partial charge on any atom is -0.413 e. The van der Waals surface area contributed by atoms with Crippen LogP contribution in [0.15, 0.2) is 12.2 Å². The first kappa shape index (κ1) is 16.5. The maximum atomic E-state index is 6.01. The minimum atomic E-state index is -1.59. The summed E-state index contributed by atoms with van der Waals surface area (Å²) < 4.78 is 6.01. The number of hydrogen-bond donors (Lipinski definition) is 0. The minimum absolute atomic E-state index is 0.285. The van der Waals surface area contributed by atoms with Gasteiger partial charge in [-0.25, -0.2) is 0 Å². The average Bonchev–Trinajstić information content (AvgIpc) is 2.20. The number of hydrogen-bond acceptors (Lipinski definition) is 1. The smallest absolute Gasteiger partial charge is 0.192 e. The molecule has 0 N–H and O–H groups in total. The molecule has 0 aromatic heterocycles. The van der Waals surface area contributed by atoms with Crippen molar-refractivity contribution in [2.45, 2.75) is 65.1 Å². The molecule has 0 radical (unpaired) electrons. The van der Waals surface area contributed by atoms with Gasteiger partial charge in [-0.05, 0) is 30.6 Å². The first-order valence-corrected chi connectivity index (χ1v) is 9.49. The third-order valence-electron chi connectivity index (χ3n) is 3.31. The predicted octanol–water partition coefficient (Wildman–Crippen LogP) is 4.76. The van der Waals surface area contributed by atoms with Crippen molar-refractivity contribution in [3.63, 3.8) is 0 Å². The second-order valence-electron chi connectivity index (χ2n) is 5.90. The van der Waals surface area contributed by atoms with Crippen molar-refractivity contribution in [1.29, 1.82) is 0 Å². The first-order valence-electron chi connectivity index (χ1n) is 6.58. The first-order chi connectivity index (χ1) is 7.81. The zero-order valence-electron chi connectivity index (χ0n) is 12.4. The van der Waals surface area contributed by atoms with Crippen LogP contribution in [0, 0.1) is 11.8 Å². The van der Waals surface area contributed by atoms with Crippen LogP contribution in [0.4, 0.5) is 0 Å². The van der Waals surface area contributed by atoms with E-state index in [1.54, 1.807) is 0 Å². The van der Waals surface area contributed by atoms with Crippen LogP contribution in [0.1, 0.15) is 47.0 Å². The second-order valence-corrected chi connectivity index (χ2v) is 10.7. The average molecular weight is 252 g/mol. The highest BCUT2D eigenvalue weighted by molar-refractivity contribution is 6.74. The van der Waals surface area contributed by atoms with E-state index in [0.29, 0.717) is 6.61 Å². The third-order valence-corrected chi connectivity index (χ3v) is 7.81. The fraction of sp³-hybridized carbons (Fsp3) is 0.733. The maximum absolute atomic E-state index is 6.01. The van der Waals surface area contributed by atoms with Gasteiger partial charge >= 0.3 is 0 Å². The van der Waals surface area contributed by atoms with Crippen LogP contribution in [-0.4, -0.2) is 14.9 Å². The second kappa shape index (κ2) is 7.74. The van der Waals surface area contributed by atoms with Crippen LogP contribution in [0.3, 0.4) is 0 Å². The Balaban J connectivity index is 3.90. The lowest BCUT2D eigenvalue weighted by Gasteiger charge is -2.35. The molecule has 0 unspecified atom stereocenters. The lowest BCUT2D eigenvalue weighted by Crippen LogP contribution is -2.40. The highest BCUT2D eigenvalue weighted by atomic mass is 28.4. The molecule has 0 saturated carbocycles. The molecule has 0 fully saturated rings. The molecule has 0 saturated heterocycles. The summed E-state index contributed by atoms with van der Waals surface area (Å²) >= 11 is 0. The molecule has 0 aliphatic heterocycles. The Morgan fingerprint density at radius 1 is 1.24 bits per heavy atom. The van der Waals surface area contributed by atoms with Gasteiger partial charge in [-0.2, -0.15) is 0 Å². The molecule has 0 aliphatic carbocycles. The van der Waals surface area contributed by atoms with Crippen molar-refractivity contribution >= 4 is 8.32 Å². The molecular formula is C15H28OSi. The highest BCUT2D eigenvalue weighted by Crippen LogP contribution is 2.36. The van der Waals surface area contributed by atoms with E-state index in [4.69, 9.17) is 4.43 Å². The van der Waals surface area contributed by atoms with Gasteiger partial charge in [0.2, 0.25) is 0 Å². The Labute approximate surface area is 109 Å². The molecule has 0 rings (SSSR count). The van der Waals surface area contributed by atoms with E-state index < -0.39 is 8.32 Å². The number of unbranched alkanes of at least 4 members (excludes halogenated alkanes) is 2. The van der Waals surface area contributed by atoms with E-state index in [2.05, 4.69) is 52.6 Å². The van der Waals surface area contributed by atoms with E-state index in [9.17, 15) is 0 Å². The van der Waals surface area contributed by atoms with E-state index in [0.717, 1.165) is 6.42 Å². The topological polar surface area (TPSA) is 9.23 Å². The summed E-state index contributed by atoms with van der Waals surface area (Å²) in [6.07, 6.45) is 7.36. The summed E-state index contributed by atoms with van der Waals surface area (Å²) in [5.41, 5.74) is 0. The molecule has 1 nitrogen and oxygen atoms in total.